The highest BCUT2D eigenvalue weighted by atomic mass is 32.2. The van der Waals surface area contributed by atoms with Gasteiger partial charge in [0.2, 0.25) is 0 Å². The average molecular weight is 217 g/mol. The van der Waals surface area contributed by atoms with E-state index in [2.05, 4.69) is 42.3 Å². The van der Waals surface area contributed by atoms with Gasteiger partial charge in [-0.25, -0.2) is 0 Å². The third-order valence-corrected chi connectivity index (χ3v) is 5.10. The molecule has 1 rings (SSSR count). The average Bonchev–Trinajstić information content (AvgIpc) is 2.19. The van der Waals surface area contributed by atoms with Gasteiger partial charge >= 0.3 is 0 Å². The van der Waals surface area contributed by atoms with Gasteiger partial charge in [0, 0.05) is 28.6 Å². The summed E-state index contributed by atoms with van der Waals surface area (Å²) in [5.41, 5.74) is 0. The van der Waals surface area contributed by atoms with Crippen LogP contribution in [0.25, 0.3) is 0 Å². The fourth-order valence-corrected chi connectivity index (χ4v) is 4.45. The molecule has 0 aliphatic carbocycles. The number of rotatable bonds is 5. The van der Waals surface area contributed by atoms with Gasteiger partial charge in [-0.05, 0) is 13.0 Å². The molecule has 0 amide bonds. The van der Waals surface area contributed by atoms with Gasteiger partial charge in [0.05, 0.1) is 0 Å². The molecule has 1 aliphatic heterocycles. The quantitative estimate of drug-likeness (QED) is 0.710. The maximum atomic E-state index is 3.82. The highest BCUT2D eigenvalue weighted by Crippen LogP contribution is 2.27. The van der Waals surface area contributed by atoms with Gasteiger partial charge in [-0.2, -0.15) is 23.5 Å². The Morgan fingerprint density at radius 1 is 1.62 bits per heavy atom. The van der Waals surface area contributed by atoms with E-state index in [1.165, 1.54) is 17.3 Å². The van der Waals surface area contributed by atoms with Crippen molar-refractivity contribution in [1.29, 1.82) is 0 Å². The molecule has 0 spiro atoms. The summed E-state index contributed by atoms with van der Waals surface area (Å²) in [6.45, 7) is 7.07. The second-order valence-electron chi connectivity index (χ2n) is 3.17. The Balaban J connectivity index is 2.36. The molecule has 76 valence electrons. The third-order valence-electron chi connectivity index (χ3n) is 2.18. The number of nitrogens with one attached hydrogen (secondary N) is 1. The summed E-state index contributed by atoms with van der Waals surface area (Å²) in [5, 5.41) is 4.34. The van der Waals surface area contributed by atoms with Crippen LogP contribution < -0.4 is 5.32 Å². The van der Waals surface area contributed by atoms with Crippen LogP contribution in [0.3, 0.4) is 0 Å². The van der Waals surface area contributed by atoms with E-state index in [1.54, 1.807) is 0 Å². The van der Waals surface area contributed by atoms with Gasteiger partial charge in [0.25, 0.3) is 0 Å². The normalized spacial score (nSPS) is 25.5. The Kier molecular flexibility index (Phi) is 6.00. The van der Waals surface area contributed by atoms with Crippen molar-refractivity contribution in [2.24, 2.45) is 0 Å². The molecule has 0 radical (unpaired) electrons. The lowest BCUT2D eigenvalue weighted by molar-refractivity contribution is 0.530. The first-order valence-corrected chi connectivity index (χ1v) is 7.12. The molecule has 2 unspecified atom stereocenters. The van der Waals surface area contributed by atoms with E-state index >= 15 is 0 Å². The van der Waals surface area contributed by atoms with Crippen LogP contribution in [0, 0.1) is 0 Å². The molecule has 1 nitrogen and oxygen atoms in total. The van der Waals surface area contributed by atoms with Crippen molar-refractivity contribution in [3.05, 3.63) is 12.7 Å². The summed E-state index contributed by atoms with van der Waals surface area (Å²) >= 11 is 4.21. The Labute approximate surface area is 90.1 Å². The smallest absolute Gasteiger partial charge is 0.0295 e. The van der Waals surface area contributed by atoms with Crippen molar-refractivity contribution in [3.63, 3.8) is 0 Å². The van der Waals surface area contributed by atoms with Crippen LogP contribution in [0.15, 0.2) is 12.7 Å². The summed E-state index contributed by atoms with van der Waals surface area (Å²) in [7, 11) is 0. The molecule has 0 aromatic heterocycles. The standard InChI is InChI=1S/C10H19NS2/c1-3-5-9(11-4-2)10-8-12-6-7-13-10/h3,9-11H,1,4-8H2,2H3. The first kappa shape index (κ1) is 11.5. The first-order chi connectivity index (χ1) is 6.38. The summed E-state index contributed by atoms with van der Waals surface area (Å²) in [6, 6.07) is 0.639. The van der Waals surface area contributed by atoms with Crippen LogP contribution in [0.2, 0.25) is 0 Å². The minimum Gasteiger partial charge on any atom is -0.313 e. The maximum absolute atomic E-state index is 3.82. The van der Waals surface area contributed by atoms with Gasteiger partial charge in [0.15, 0.2) is 0 Å². The number of hydrogen-bond donors (Lipinski definition) is 1. The van der Waals surface area contributed by atoms with Gasteiger partial charge < -0.3 is 5.32 Å². The van der Waals surface area contributed by atoms with Crippen LogP contribution in [0.5, 0.6) is 0 Å². The lowest BCUT2D eigenvalue weighted by Crippen LogP contribution is -2.40. The highest BCUT2D eigenvalue weighted by molar-refractivity contribution is 8.06. The minimum absolute atomic E-state index is 0.639. The fraction of sp³-hybridized carbons (Fsp3) is 0.800. The van der Waals surface area contributed by atoms with Crippen molar-refractivity contribution in [1.82, 2.24) is 5.32 Å². The van der Waals surface area contributed by atoms with Crippen molar-refractivity contribution < 1.29 is 0 Å². The first-order valence-electron chi connectivity index (χ1n) is 4.92. The molecule has 1 saturated heterocycles. The van der Waals surface area contributed by atoms with Crippen molar-refractivity contribution >= 4 is 23.5 Å². The van der Waals surface area contributed by atoms with Crippen LogP contribution in [0.1, 0.15) is 13.3 Å². The van der Waals surface area contributed by atoms with Crippen LogP contribution in [-0.2, 0) is 0 Å². The summed E-state index contributed by atoms with van der Waals surface area (Å²) in [4.78, 5) is 0. The van der Waals surface area contributed by atoms with E-state index in [-0.39, 0.29) is 0 Å². The summed E-state index contributed by atoms with van der Waals surface area (Å²) in [6.07, 6.45) is 3.14. The maximum Gasteiger partial charge on any atom is 0.0295 e. The third kappa shape index (κ3) is 3.96. The van der Waals surface area contributed by atoms with E-state index in [0.717, 1.165) is 18.2 Å². The predicted octanol–water partition coefficient (Wildman–Crippen LogP) is 2.39. The summed E-state index contributed by atoms with van der Waals surface area (Å²) < 4.78 is 0. The second-order valence-corrected chi connectivity index (χ2v) is 5.67. The Morgan fingerprint density at radius 2 is 2.46 bits per heavy atom. The molecule has 1 fully saturated rings. The predicted molar refractivity (Wildman–Crippen MR) is 65.8 cm³/mol. The van der Waals surface area contributed by atoms with Gasteiger partial charge in [-0.3, -0.25) is 0 Å². The minimum atomic E-state index is 0.639. The zero-order valence-electron chi connectivity index (χ0n) is 8.29. The lowest BCUT2D eigenvalue weighted by Gasteiger charge is -2.29. The molecular weight excluding hydrogens is 198 g/mol. The highest BCUT2D eigenvalue weighted by Gasteiger charge is 2.22. The van der Waals surface area contributed by atoms with E-state index in [4.69, 9.17) is 0 Å². The summed E-state index contributed by atoms with van der Waals surface area (Å²) in [5.74, 6) is 3.94. The molecule has 0 bridgehead atoms. The van der Waals surface area contributed by atoms with Crippen molar-refractivity contribution in [2.45, 2.75) is 24.6 Å². The van der Waals surface area contributed by atoms with Crippen molar-refractivity contribution in [3.8, 4) is 0 Å². The molecule has 2 atom stereocenters. The SMILES string of the molecule is C=CCC(NCC)C1CSCCS1. The molecule has 13 heavy (non-hydrogen) atoms. The van der Waals surface area contributed by atoms with Gasteiger partial charge in [-0.1, -0.05) is 13.0 Å². The molecule has 1 heterocycles. The second kappa shape index (κ2) is 6.80. The van der Waals surface area contributed by atoms with Crippen LogP contribution in [0.4, 0.5) is 0 Å². The van der Waals surface area contributed by atoms with E-state index in [0.29, 0.717) is 6.04 Å². The molecule has 0 saturated carbocycles. The van der Waals surface area contributed by atoms with E-state index < -0.39 is 0 Å². The van der Waals surface area contributed by atoms with E-state index in [9.17, 15) is 0 Å². The van der Waals surface area contributed by atoms with Crippen LogP contribution in [-0.4, -0.2) is 35.1 Å². The zero-order chi connectivity index (χ0) is 9.52. The van der Waals surface area contributed by atoms with Crippen LogP contribution >= 0.6 is 23.5 Å². The molecule has 0 aromatic carbocycles. The number of hydrogen-bond acceptors (Lipinski definition) is 3. The molecule has 0 aromatic rings. The Bertz CT molecular complexity index is 144. The molecule has 3 heteroatoms. The fourth-order valence-electron chi connectivity index (χ4n) is 1.55. The zero-order valence-corrected chi connectivity index (χ0v) is 9.92. The lowest BCUT2D eigenvalue weighted by atomic mass is 10.1. The molecular formula is C10H19NS2. The van der Waals surface area contributed by atoms with E-state index in [1.807, 2.05) is 6.08 Å². The monoisotopic (exact) mass is 217 g/mol. The van der Waals surface area contributed by atoms with Crippen molar-refractivity contribution in [2.75, 3.05) is 23.8 Å². The number of thioether (sulfide) groups is 2. The molecule has 1 aliphatic rings. The molecule has 1 N–H and O–H groups in total. The Hall–Kier alpha value is 0.400. The van der Waals surface area contributed by atoms with Gasteiger partial charge in [0.1, 0.15) is 0 Å². The Morgan fingerprint density at radius 3 is 3.00 bits per heavy atom. The topological polar surface area (TPSA) is 12.0 Å². The largest absolute Gasteiger partial charge is 0.313 e. The van der Waals surface area contributed by atoms with Gasteiger partial charge in [-0.15, -0.1) is 6.58 Å².